The fraction of sp³-hybridized carbons (Fsp3) is 0.0909. The third kappa shape index (κ3) is 2.07. The lowest BCUT2D eigenvalue weighted by atomic mass is 10.2. The Morgan fingerprint density at radius 3 is 2.25 bits per heavy atom. The van der Waals surface area contributed by atoms with Crippen molar-refractivity contribution in [2.45, 2.75) is 6.18 Å². The second kappa shape index (κ2) is 3.87. The van der Waals surface area contributed by atoms with Gasteiger partial charge in [-0.05, 0) is 30.3 Å². The van der Waals surface area contributed by atoms with Crippen LogP contribution in [0.5, 0.6) is 0 Å². The van der Waals surface area contributed by atoms with E-state index in [-0.39, 0.29) is 5.02 Å². The average molecular weight is 246 g/mol. The molecule has 0 unspecified atom stereocenters. The van der Waals surface area contributed by atoms with Crippen molar-refractivity contribution in [3.05, 3.63) is 53.3 Å². The van der Waals surface area contributed by atoms with Gasteiger partial charge < -0.3 is 4.57 Å². The molecule has 1 aromatic heterocycles. The summed E-state index contributed by atoms with van der Waals surface area (Å²) in [5, 5.41) is -0.289. The molecule has 0 amide bonds. The number of rotatable bonds is 1. The van der Waals surface area contributed by atoms with Crippen molar-refractivity contribution in [3.8, 4) is 5.69 Å². The van der Waals surface area contributed by atoms with Gasteiger partial charge in [-0.1, -0.05) is 11.6 Å². The van der Waals surface area contributed by atoms with Crippen LogP contribution < -0.4 is 0 Å². The zero-order valence-corrected chi connectivity index (χ0v) is 8.76. The highest BCUT2D eigenvalue weighted by Gasteiger charge is 2.33. The largest absolute Gasteiger partial charge is 0.417 e. The van der Waals surface area contributed by atoms with Crippen molar-refractivity contribution in [1.82, 2.24) is 4.57 Å². The topological polar surface area (TPSA) is 4.93 Å². The van der Waals surface area contributed by atoms with Crippen LogP contribution in [0.25, 0.3) is 5.69 Å². The van der Waals surface area contributed by atoms with E-state index in [1.54, 1.807) is 29.1 Å². The Balaban J connectivity index is 2.52. The van der Waals surface area contributed by atoms with Crippen LogP contribution in [0.4, 0.5) is 13.2 Å². The molecule has 0 radical (unpaired) electrons. The van der Waals surface area contributed by atoms with Crippen molar-refractivity contribution in [1.29, 1.82) is 0 Å². The summed E-state index contributed by atoms with van der Waals surface area (Å²) in [7, 11) is 0. The SMILES string of the molecule is FC(F)(F)c1cc(-n2cccc2)ccc1Cl. The van der Waals surface area contributed by atoms with Crippen LogP contribution in [0.1, 0.15) is 5.56 Å². The second-order valence-corrected chi connectivity index (χ2v) is 3.66. The molecule has 0 spiro atoms. The summed E-state index contributed by atoms with van der Waals surface area (Å²) < 4.78 is 39.3. The van der Waals surface area contributed by atoms with Gasteiger partial charge in [0.2, 0.25) is 0 Å². The van der Waals surface area contributed by atoms with Crippen LogP contribution in [0.2, 0.25) is 5.02 Å². The molecular formula is C11H7ClF3N. The summed E-state index contributed by atoms with van der Waals surface area (Å²) in [5.74, 6) is 0. The van der Waals surface area contributed by atoms with Crippen LogP contribution in [0, 0.1) is 0 Å². The number of hydrogen-bond donors (Lipinski definition) is 0. The first-order valence-corrected chi connectivity index (χ1v) is 4.86. The number of alkyl halides is 3. The Morgan fingerprint density at radius 2 is 1.69 bits per heavy atom. The van der Waals surface area contributed by atoms with Crippen molar-refractivity contribution in [2.75, 3.05) is 0 Å². The lowest BCUT2D eigenvalue weighted by Crippen LogP contribution is -2.06. The van der Waals surface area contributed by atoms with Crippen LogP contribution in [-0.2, 0) is 6.18 Å². The van der Waals surface area contributed by atoms with Crippen LogP contribution in [0.15, 0.2) is 42.7 Å². The Labute approximate surface area is 95.1 Å². The lowest BCUT2D eigenvalue weighted by Gasteiger charge is -2.11. The zero-order chi connectivity index (χ0) is 11.8. The summed E-state index contributed by atoms with van der Waals surface area (Å²) in [6.45, 7) is 0. The number of aromatic nitrogens is 1. The van der Waals surface area contributed by atoms with Gasteiger partial charge in [-0.25, -0.2) is 0 Å². The summed E-state index contributed by atoms with van der Waals surface area (Å²) in [6, 6.07) is 7.29. The van der Waals surface area contributed by atoms with Crippen LogP contribution in [-0.4, -0.2) is 4.57 Å². The highest BCUT2D eigenvalue weighted by molar-refractivity contribution is 6.31. The number of hydrogen-bond acceptors (Lipinski definition) is 0. The Hall–Kier alpha value is -1.42. The van der Waals surface area contributed by atoms with E-state index in [1.165, 1.54) is 12.1 Å². The maximum Gasteiger partial charge on any atom is 0.417 e. The zero-order valence-electron chi connectivity index (χ0n) is 8.00. The molecule has 0 N–H and O–H groups in total. The molecule has 0 aliphatic rings. The van der Waals surface area contributed by atoms with Gasteiger partial charge in [-0.3, -0.25) is 0 Å². The number of benzene rings is 1. The predicted molar refractivity (Wildman–Crippen MR) is 55.8 cm³/mol. The van der Waals surface area contributed by atoms with Gasteiger partial charge in [0, 0.05) is 18.1 Å². The molecule has 16 heavy (non-hydrogen) atoms. The number of nitrogens with zero attached hydrogens (tertiary/aromatic N) is 1. The molecule has 0 aliphatic carbocycles. The van der Waals surface area contributed by atoms with Crippen molar-refractivity contribution in [2.24, 2.45) is 0 Å². The highest BCUT2D eigenvalue weighted by Crippen LogP contribution is 2.35. The molecule has 5 heteroatoms. The Bertz CT molecular complexity index is 488. The fourth-order valence-electron chi connectivity index (χ4n) is 1.40. The summed E-state index contributed by atoms with van der Waals surface area (Å²) in [4.78, 5) is 0. The first-order valence-electron chi connectivity index (χ1n) is 4.48. The van der Waals surface area contributed by atoms with Gasteiger partial charge in [0.15, 0.2) is 0 Å². The quantitative estimate of drug-likeness (QED) is 0.711. The van der Waals surface area contributed by atoms with E-state index in [9.17, 15) is 13.2 Å². The first kappa shape index (κ1) is 11.1. The van der Waals surface area contributed by atoms with E-state index in [1.807, 2.05) is 0 Å². The van der Waals surface area contributed by atoms with E-state index in [0.29, 0.717) is 5.69 Å². The monoisotopic (exact) mass is 245 g/mol. The predicted octanol–water partition coefficient (Wildman–Crippen LogP) is 4.15. The highest BCUT2D eigenvalue weighted by atomic mass is 35.5. The Kier molecular flexibility index (Phi) is 2.68. The molecule has 0 fully saturated rings. The third-order valence-corrected chi connectivity index (χ3v) is 2.49. The maximum absolute atomic E-state index is 12.6. The number of halogens is 4. The summed E-state index contributed by atoms with van der Waals surface area (Å²) in [6.07, 6.45) is -1.09. The first-order chi connectivity index (χ1) is 7.48. The standard InChI is InChI=1S/C11H7ClF3N/c12-10-4-3-8(16-5-1-2-6-16)7-9(10)11(13,14)15/h1-7H. The van der Waals surface area contributed by atoms with Gasteiger partial charge >= 0.3 is 6.18 Å². The van der Waals surface area contributed by atoms with E-state index in [2.05, 4.69) is 0 Å². The van der Waals surface area contributed by atoms with Gasteiger partial charge in [-0.2, -0.15) is 13.2 Å². The van der Waals surface area contributed by atoms with Crippen LogP contribution >= 0.6 is 11.6 Å². The van der Waals surface area contributed by atoms with E-state index < -0.39 is 11.7 Å². The minimum atomic E-state index is -4.43. The van der Waals surface area contributed by atoms with Gasteiger partial charge in [0.05, 0.1) is 10.6 Å². The minimum Gasteiger partial charge on any atom is -0.324 e. The summed E-state index contributed by atoms with van der Waals surface area (Å²) >= 11 is 5.51. The van der Waals surface area contributed by atoms with Crippen molar-refractivity contribution < 1.29 is 13.2 Å². The molecule has 0 atom stereocenters. The smallest absolute Gasteiger partial charge is 0.324 e. The normalized spacial score (nSPS) is 11.8. The van der Waals surface area contributed by atoms with Crippen molar-refractivity contribution >= 4 is 11.6 Å². The van der Waals surface area contributed by atoms with E-state index in [4.69, 9.17) is 11.6 Å². The Morgan fingerprint density at radius 1 is 1.06 bits per heavy atom. The van der Waals surface area contributed by atoms with Crippen LogP contribution in [0.3, 0.4) is 0 Å². The molecule has 0 bridgehead atoms. The molecular weight excluding hydrogens is 239 g/mol. The average Bonchev–Trinajstić information content (AvgIpc) is 2.69. The maximum atomic E-state index is 12.6. The molecule has 1 heterocycles. The second-order valence-electron chi connectivity index (χ2n) is 3.25. The molecule has 0 aliphatic heterocycles. The molecule has 2 aromatic rings. The van der Waals surface area contributed by atoms with E-state index in [0.717, 1.165) is 6.07 Å². The fourth-order valence-corrected chi connectivity index (χ4v) is 1.62. The van der Waals surface area contributed by atoms with Gasteiger partial charge in [-0.15, -0.1) is 0 Å². The lowest BCUT2D eigenvalue weighted by molar-refractivity contribution is -0.137. The summed E-state index contributed by atoms with van der Waals surface area (Å²) in [5.41, 5.74) is -0.387. The van der Waals surface area contributed by atoms with Gasteiger partial charge in [0.1, 0.15) is 0 Å². The van der Waals surface area contributed by atoms with Crippen molar-refractivity contribution in [3.63, 3.8) is 0 Å². The third-order valence-electron chi connectivity index (χ3n) is 2.16. The molecule has 0 saturated heterocycles. The minimum absolute atomic E-state index is 0.289. The molecule has 1 nitrogen and oxygen atoms in total. The molecule has 0 saturated carbocycles. The molecule has 2 rings (SSSR count). The van der Waals surface area contributed by atoms with E-state index >= 15 is 0 Å². The molecule has 1 aromatic carbocycles. The molecule has 84 valence electrons. The van der Waals surface area contributed by atoms with Gasteiger partial charge in [0.25, 0.3) is 0 Å².